The Labute approximate surface area is 168 Å². The van der Waals surface area contributed by atoms with Crippen molar-refractivity contribution in [2.24, 2.45) is 4.40 Å². The number of hydrogen-bond donors (Lipinski definition) is 1. The number of fused-ring (bicyclic) bond motifs is 1. The number of methoxy groups -OCH3 is 1. The molecule has 10 heteroatoms. The minimum absolute atomic E-state index is 0.00304. The summed E-state index contributed by atoms with van der Waals surface area (Å²) in [5.74, 6) is -1.06. The van der Waals surface area contributed by atoms with E-state index in [9.17, 15) is 18.0 Å². The van der Waals surface area contributed by atoms with Crippen molar-refractivity contribution in [2.45, 2.75) is 20.0 Å². The summed E-state index contributed by atoms with van der Waals surface area (Å²) in [6, 6.07) is 5.29. The minimum Gasteiger partial charge on any atom is -0.495 e. The van der Waals surface area contributed by atoms with Crippen LogP contribution < -0.4 is 10.1 Å². The number of carbonyl (C=O) groups is 2. The number of benzene rings is 1. The highest BCUT2D eigenvalue weighted by molar-refractivity contribution is 7.90. The Hall–Kier alpha value is -3.14. The van der Waals surface area contributed by atoms with Gasteiger partial charge in [-0.25, -0.2) is 13.2 Å². The highest BCUT2D eigenvalue weighted by atomic mass is 32.2. The summed E-state index contributed by atoms with van der Waals surface area (Å²) in [6.45, 7) is 3.48. The van der Waals surface area contributed by atoms with Gasteiger partial charge >= 0.3 is 5.97 Å². The van der Waals surface area contributed by atoms with E-state index in [0.717, 1.165) is 5.56 Å². The van der Waals surface area contributed by atoms with Gasteiger partial charge in [0.1, 0.15) is 11.3 Å². The first-order valence-electron chi connectivity index (χ1n) is 8.85. The van der Waals surface area contributed by atoms with E-state index >= 15 is 0 Å². The van der Waals surface area contributed by atoms with E-state index in [1.807, 2.05) is 13.0 Å². The molecule has 0 saturated carbocycles. The van der Waals surface area contributed by atoms with Crippen molar-refractivity contribution in [3.8, 4) is 5.75 Å². The van der Waals surface area contributed by atoms with Crippen LogP contribution in [0.15, 0.2) is 46.5 Å². The molecule has 9 nitrogen and oxygen atoms in total. The van der Waals surface area contributed by atoms with Crippen LogP contribution in [-0.2, 0) is 24.3 Å². The van der Waals surface area contributed by atoms with Gasteiger partial charge in [0.2, 0.25) is 0 Å². The molecule has 1 aromatic rings. The van der Waals surface area contributed by atoms with Crippen LogP contribution in [0.3, 0.4) is 0 Å². The fraction of sp³-hybridized carbons (Fsp3) is 0.316. The highest BCUT2D eigenvalue weighted by Crippen LogP contribution is 2.25. The number of rotatable bonds is 5. The Morgan fingerprint density at radius 3 is 2.79 bits per heavy atom. The van der Waals surface area contributed by atoms with Crippen molar-refractivity contribution < 1.29 is 27.5 Å². The third-order valence-corrected chi connectivity index (χ3v) is 5.49. The van der Waals surface area contributed by atoms with Crippen LogP contribution in [0.1, 0.15) is 12.5 Å². The van der Waals surface area contributed by atoms with Gasteiger partial charge in [-0.05, 0) is 43.7 Å². The summed E-state index contributed by atoms with van der Waals surface area (Å²) in [7, 11) is -2.16. The molecule has 1 amide bonds. The Kier molecular flexibility index (Phi) is 5.73. The first kappa shape index (κ1) is 20.6. The lowest BCUT2D eigenvalue weighted by Crippen LogP contribution is -2.41. The number of carbonyl (C=O) groups excluding carboxylic acids is 2. The van der Waals surface area contributed by atoms with Crippen LogP contribution in [0.5, 0.6) is 5.75 Å². The Morgan fingerprint density at radius 1 is 1.31 bits per heavy atom. The van der Waals surface area contributed by atoms with Crippen LogP contribution in [-0.4, -0.2) is 56.5 Å². The molecule has 0 saturated heterocycles. The largest absolute Gasteiger partial charge is 0.495 e. The summed E-state index contributed by atoms with van der Waals surface area (Å²) in [5, 5.41) is 2.67. The zero-order chi connectivity index (χ0) is 21.2. The molecule has 1 aromatic carbocycles. The van der Waals surface area contributed by atoms with Gasteiger partial charge in [0.15, 0.2) is 11.9 Å². The second-order valence-electron chi connectivity index (χ2n) is 6.56. The zero-order valence-corrected chi connectivity index (χ0v) is 17.0. The number of aryl methyl sites for hydroxylation is 1. The number of amides is 1. The van der Waals surface area contributed by atoms with E-state index in [0.29, 0.717) is 11.4 Å². The quantitative estimate of drug-likeness (QED) is 0.717. The molecule has 2 heterocycles. The molecule has 0 radical (unpaired) electrons. The lowest BCUT2D eigenvalue weighted by atomic mass is 10.1. The predicted octanol–water partition coefficient (Wildman–Crippen LogP) is 1.37. The second-order valence-corrected chi connectivity index (χ2v) is 8.31. The van der Waals surface area contributed by atoms with Gasteiger partial charge in [0.25, 0.3) is 15.9 Å². The third-order valence-electron chi connectivity index (χ3n) is 4.34. The van der Waals surface area contributed by atoms with Crippen molar-refractivity contribution >= 4 is 33.4 Å². The van der Waals surface area contributed by atoms with Gasteiger partial charge < -0.3 is 19.7 Å². The van der Waals surface area contributed by atoms with E-state index in [2.05, 4.69) is 9.71 Å². The second kappa shape index (κ2) is 8.08. The molecule has 0 aromatic heterocycles. The van der Waals surface area contributed by atoms with Crippen molar-refractivity contribution in [2.75, 3.05) is 24.7 Å². The maximum atomic E-state index is 12.6. The van der Waals surface area contributed by atoms with E-state index in [1.165, 1.54) is 20.1 Å². The number of ether oxygens (including phenoxy) is 2. The van der Waals surface area contributed by atoms with Crippen LogP contribution in [0.2, 0.25) is 0 Å². The Bertz CT molecular complexity index is 1040. The van der Waals surface area contributed by atoms with Gasteiger partial charge in [-0.1, -0.05) is 6.07 Å². The number of sulfonamides is 1. The predicted molar refractivity (Wildman–Crippen MR) is 107 cm³/mol. The number of allylic oxidation sites excluding steroid dienone is 2. The lowest BCUT2D eigenvalue weighted by molar-refractivity contribution is -0.148. The monoisotopic (exact) mass is 419 g/mol. The molecule has 2 aliphatic rings. The molecule has 1 N–H and O–H groups in total. The zero-order valence-electron chi connectivity index (χ0n) is 16.2. The number of esters is 1. The molecule has 0 unspecified atom stereocenters. The van der Waals surface area contributed by atoms with Crippen LogP contribution >= 0.6 is 0 Å². The molecule has 29 heavy (non-hydrogen) atoms. The fourth-order valence-corrected chi connectivity index (χ4v) is 3.79. The number of hydrogen-bond acceptors (Lipinski definition) is 7. The van der Waals surface area contributed by atoms with E-state index in [4.69, 9.17) is 9.47 Å². The van der Waals surface area contributed by atoms with Gasteiger partial charge in [0.05, 0.1) is 18.6 Å². The molecule has 154 valence electrons. The summed E-state index contributed by atoms with van der Waals surface area (Å²) in [6.07, 6.45) is 3.50. The summed E-state index contributed by atoms with van der Waals surface area (Å²) < 4.78 is 37.7. The lowest BCUT2D eigenvalue weighted by Gasteiger charge is -2.28. The van der Waals surface area contributed by atoms with Crippen molar-refractivity contribution in [3.05, 3.63) is 47.7 Å². The summed E-state index contributed by atoms with van der Waals surface area (Å²) in [5.41, 5.74) is 1.35. The van der Waals surface area contributed by atoms with E-state index in [-0.39, 0.29) is 23.7 Å². The van der Waals surface area contributed by atoms with Crippen LogP contribution in [0.25, 0.3) is 0 Å². The van der Waals surface area contributed by atoms with Crippen LogP contribution in [0, 0.1) is 6.92 Å². The number of anilines is 1. The smallest absolute Gasteiger partial charge is 0.342 e. The minimum atomic E-state index is -3.65. The Morgan fingerprint density at radius 2 is 2.07 bits per heavy atom. The molecule has 2 aliphatic heterocycles. The number of nitrogens with zero attached hydrogens (tertiary/aromatic N) is 2. The highest BCUT2D eigenvalue weighted by Gasteiger charge is 2.32. The van der Waals surface area contributed by atoms with Crippen molar-refractivity contribution in [1.82, 2.24) is 4.90 Å². The van der Waals surface area contributed by atoms with E-state index < -0.39 is 28.0 Å². The molecule has 0 spiro atoms. The SMILES string of the molecule is COc1ccc(C)cc1NC(=O)[C@@H](C)OC(=O)C1=CC=CN2CCS(=O)(=O)N=C12. The molecule has 0 aliphatic carbocycles. The standard InChI is InChI=1S/C19H21N3O6S/c1-12-6-7-16(27-3)15(11-12)20-18(23)13(2)28-19(24)14-5-4-8-22-9-10-29(25,26)21-17(14)22/h4-8,11,13H,9-10H2,1-3H3,(H,20,23)/t13-/m1/s1. The topological polar surface area (TPSA) is 114 Å². The molecule has 0 fully saturated rings. The van der Waals surface area contributed by atoms with E-state index in [1.54, 1.807) is 29.3 Å². The summed E-state index contributed by atoms with van der Waals surface area (Å²) >= 11 is 0. The first-order valence-corrected chi connectivity index (χ1v) is 10.5. The molecule has 1 atom stereocenters. The summed E-state index contributed by atoms with van der Waals surface area (Å²) in [4.78, 5) is 26.6. The van der Waals surface area contributed by atoms with Gasteiger partial charge in [-0.3, -0.25) is 4.79 Å². The maximum Gasteiger partial charge on any atom is 0.342 e. The Balaban J connectivity index is 1.73. The average Bonchev–Trinajstić information content (AvgIpc) is 2.66. The van der Waals surface area contributed by atoms with Crippen LogP contribution in [0.4, 0.5) is 5.69 Å². The third kappa shape index (κ3) is 4.65. The molecular weight excluding hydrogens is 398 g/mol. The van der Waals surface area contributed by atoms with Crippen molar-refractivity contribution in [1.29, 1.82) is 0 Å². The average molecular weight is 419 g/mol. The molecule has 3 rings (SSSR count). The van der Waals surface area contributed by atoms with Crippen molar-refractivity contribution in [3.63, 3.8) is 0 Å². The molecule has 0 bridgehead atoms. The van der Waals surface area contributed by atoms with Gasteiger partial charge in [-0.2, -0.15) is 0 Å². The number of nitrogens with one attached hydrogen (secondary N) is 1. The molecular formula is C19H21N3O6S. The van der Waals surface area contributed by atoms with Gasteiger partial charge in [-0.15, -0.1) is 4.40 Å². The maximum absolute atomic E-state index is 12.6. The number of amidine groups is 1. The van der Waals surface area contributed by atoms with Gasteiger partial charge in [0, 0.05) is 12.7 Å². The fourth-order valence-electron chi connectivity index (χ4n) is 2.81. The first-order chi connectivity index (χ1) is 13.7. The normalized spacial score (nSPS) is 18.1.